The Balaban J connectivity index is 2.10. The van der Waals surface area contributed by atoms with E-state index in [1.54, 1.807) is 36.4 Å². The monoisotopic (exact) mass is 361 g/mol. The predicted molar refractivity (Wildman–Crippen MR) is 97.0 cm³/mol. The Kier molecular flexibility index (Phi) is 6.36. The van der Waals surface area contributed by atoms with Gasteiger partial charge in [0.25, 0.3) is 5.91 Å². The first-order chi connectivity index (χ1) is 11.9. The van der Waals surface area contributed by atoms with Crippen molar-refractivity contribution in [2.45, 2.75) is 19.9 Å². The highest BCUT2D eigenvalue weighted by atomic mass is 35.5. The van der Waals surface area contributed by atoms with Crippen LogP contribution in [0.25, 0.3) is 0 Å². The fraction of sp³-hybridized carbons (Fsp3) is 0.278. The number of hydrogen-bond donors (Lipinski definition) is 2. The molecule has 7 heteroatoms. The van der Waals surface area contributed by atoms with Crippen LogP contribution in [0.5, 0.6) is 5.88 Å². The standard InChI is InChI=1S/C18H20ClN3O3/c1-11(2)16(22-17(23)13-6-4-5-7-14(13)19)18(24)21-12-8-9-15(25-3)20-10-12/h4-11,16H,1-3H3,(H,21,24)(H,22,23)/t16-/m0/s1. The molecule has 2 rings (SSSR count). The van der Waals surface area contributed by atoms with Crippen LogP contribution in [0.15, 0.2) is 42.6 Å². The number of methoxy groups -OCH3 is 1. The molecule has 0 aliphatic heterocycles. The number of carbonyl (C=O) groups excluding carboxylic acids is 2. The summed E-state index contributed by atoms with van der Waals surface area (Å²) in [6.45, 7) is 3.70. The van der Waals surface area contributed by atoms with Crippen LogP contribution < -0.4 is 15.4 Å². The summed E-state index contributed by atoms with van der Waals surface area (Å²) in [5.41, 5.74) is 0.845. The number of anilines is 1. The first kappa shape index (κ1) is 18.7. The third-order valence-corrected chi connectivity index (χ3v) is 3.90. The maximum Gasteiger partial charge on any atom is 0.253 e. The molecule has 1 aromatic heterocycles. The average Bonchev–Trinajstić information content (AvgIpc) is 2.60. The molecular weight excluding hydrogens is 342 g/mol. The van der Waals surface area contributed by atoms with E-state index in [0.29, 0.717) is 22.2 Å². The number of aromatic nitrogens is 1. The number of benzene rings is 1. The Morgan fingerprint density at radius 1 is 1.16 bits per heavy atom. The molecule has 2 N–H and O–H groups in total. The third kappa shape index (κ3) is 4.93. The Hall–Kier alpha value is -2.60. The number of nitrogens with one attached hydrogen (secondary N) is 2. The van der Waals surface area contributed by atoms with Gasteiger partial charge in [-0.2, -0.15) is 0 Å². The molecule has 0 saturated heterocycles. The van der Waals surface area contributed by atoms with Gasteiger partial charge >= 0.3 is 0 Å². The minimum Gasteiger partial charge on any atom is -0.481 e. The lowest BCUT2D eigenvalue weighted by atomic mass is 10.0. The van der Waals surface area contributed by atoms with Gasteiger partial charge in [-0.3, -0.25) is 9.59 Å². The summed E-state index contributed by atoms with van der Waals surface area (Å²) in [6, 6.07) is 9.30. The molecule has 0 bridgehead atoms. The maximum atomic E-state index is 12.5. The first-order valence-corrected chi connectivity index (χ1v) is 8.16. The van der Waals surface area contributed by atoms with Gasteiger partial charge in [0, 0.05) is 6.07 Å². The molecule has 25 heavy (non-hydrogen) atoms. The average molecular weight is 362 g/mol. The van der Waals surface area contributed by atoms with Crippen molar-refractivity contribution in [1.82, 2.24) is 10.3 Å². The minimum atomic E-state index is -0.717. The number of ether oxygens (including phenoxy) is 1. The fourth-order valence-electron chi connectivity index (χ4n) is 2.19. The molecule has 1 aromatic carbocycles. The van der Waals surface area contributed by atoms with Gasteiger partial charge in [0.1, 0.15) is 6.04 Å². The second kappa shape index (κ2) is 8.48. The van der Waals surface area contributed by atoms with Crippen molar-refractivity contribution in [3.63, 3.8) is 0 Å². The zero-order valence-corrected chi connectivity index (χ0v) is 15.0. The largest absolute Gasteiger partial charge is 0.481 e. The van der Waals surface area contributed by atoms with E-state index in [0.717, 1.165) is 0 Å². The van der Waals surface area contributed by atoms with Gasteiger partial charge in [-0.1, -0.05) is 37.6 Å². The summed E-state index contributed by atoms with van der Waals surface area (Å²) in [5.74, 6) is -0.391. The molecule has 2 aromatic rings. The van der Waals surface area contributed by atoms with E-state index >= 15 is 0 Å². The summed E-state index contributed by atoms with van der Waals surface area (Å²) in [5, 5.41) is 5.81. The number of amides is 2. The smallest absolute Gasteiger partial charge is 0.253 e. The first-order valence-electron chi connectivity index (χ1n) is 7.78. The molecule has 0 spiro atoms. The molecule has 0 unspecified atom stereocenters. The van der Waals surface area contributed by atoms with Crippen LogP contribution >= 0.6 is 11.6 Å². The van der Waals surface area contributed by atoms with E-state index in [4.69, 9.17) is 16.3 Å². The van der Waals surface area contributed by atoms with Crippen molar-refractivity contribution in [2.24, 2.45) is 5.92 Å². The number of nitrogens with zero attached hydrogens (tertiary/aromatic N) is 1. The lowest BCUT2D eigenvalue weighted by Gasteiger charge is -2.22. The lowest BCUT2D eigenvalue weighted by molar-refractivity contribution is -0.118. The zero-order chi connectivity index (χ0) is 18.4. The van der Waals surface area contributed by atoms with Crippen LogP contribution in [-0.4, -0.2) is 29.9 Å². The second-order valence-electron chi connectivity index (χ2n) is 5.75. The molecule has 1 atom stereocenters. The molecule has 0 radical (unpaired) electrons. The van der Waals surface area contributed by atoms with Gasteiger partial charge in [-0.25, -0.2) is 4.98 Å². The van der Waals surface area contributed by atoms with Crippen LogP contribution in [0.4, 0.5) is 5.69 Å². The highest BCUT2D eigenvalue weighted by Gasteiger charge is 2.25. The second-order valence-corrected chi connectivity index (χ2v) is 6.16. The molecule has 1 heterocycles. The van der Waals surface area contributed by atoms with Crippen molar-refractivity contribution in [2.75, 3.05) is 12.4 Å². The third-order valence-electron chi connectivity index (χ3n) is 3.57. The highest BCUT2D eigenvalue weighted by Crippen LogP contribution is 2.16. The van der Waals surface area contributed by atoms with Crippen LogP contribution in [0.1, 0.15) is 24.2 Å². The molecule has 0 aliphatic rings. The number of pyridine rings is 1. The Morgan fingerprint density at radius 2 is 1.88 bits per heavy atom. The van der Waals surface area contributed by atoms with Crippen LogP contribution in [-0.2, 0) is 4.79 Å². The van der Waals surface area contributed by atoms with E-state index in [-0.39, 0.29) is 11.8 Å². The quantitative estimate of drug-likeness (QED) is 0.828. The van der Waals surface area contributed by atoms with Crippen molar-refractivity contribution >= 4 is 29.1 Å². The number of rotatable bonds is 6. The van der Waals surface area contributed by atoms with E-state index in [1.807, 2.05) is 13.8 Å². The normalized spacial score (nSPS) is 11.7. The van der Waals surface area contributed by atoms with Gasteiger partial charge in [0.15, 0.2) is 0 Å². The summed E-state index contributed by atoms with van der Waals surface area (Å²) in [7, 11) is 1.51. The summed E-state index contributed by atoms with van der Waals surface area (Å²) in [6.07, 6.45) is 1.49. The molecule has 0 fully saturated rings. The SMILES string of the molecule is COc1ccc(NC(=O)[C@@H](NC(=O)c2ccccc2Cl)C(C)C)cn1. The molecule has 132 valence electrons. The topological polar surface area (TPSA) is 80.3 Å². The van der Waals surface area contributed by atoms with Crippen molar-refractivity contribution in [3.05, 3.63) is 53.2 Å². The van der Waals surface area contributed by atoms with Crippen LogP contribution in [0.2, 0.25) is 5.02 Å². The van der Waals surface area contributed by atoms with Gasteiger partial charge in [-0.05, 0) is 24.1 Å². The Labute approximate surface area is 151 Å². The molecule has 0 aliphatic carbocycles. The predicted octanol–water partition coefficient (Wildman–Crippen LogP) is 3.14. The molecular formula is C18H20ClN3O3. The Morgan fingerprint density at radius 3 is 2.44 bits per heavy atom. The van der Waals surface area contributed by atoms with Crippen molar-refractivity contribution in [3.8, 4) is 5.88 Å². The van der Waals surface area contributed by atoms with Crippen LogP contribution in [0, 0.1) is 5.92 Å². The summed E-state index contributed by atoms with van der Waals surface area (Å²) < 4.78 is 4.98. The van der Waals surface area contributed by atoms with Crippen molar-refractivity contribution < 1.29 is 14.3 Å². The van der Waals surface area contributed by atoms with E-state index in [2.05, 4.69) is 15.6 Å². The fourth-order valence-corrected chi connectivity index (χ4v) is 2.42. The number of hydrogen-bond acceptors (Lipinski definition) is 4. The molecule has 2 amide bonds. The van der Waals surface area contributed by atoms with Crippen molar-refractivity contribution in [1.29, 1.82) is 0 Å². The molecule has 0 saturated carbocycles. The van der Waals surface area contributed by atoms with E-state index in [9.17, 15) is 9.59 Å². The zero-order valence-electron chi connectivity index (χ0n) is 14.2. The lowest BCUT2D eigenvalue weighted by Crippen LogP contribution is -2.47. The van der Waals surface area contributed by atoms with Crippen LogP contribution in [0.3, 0.4) is 0 Å². The van der Waals surface area contributed by atoms with Gasteiger partial charge in [-0.15, -0.1) is 0 Å². The number of carbonyl (C=O) groups is 2. The Bertz CT molecular complexity index is 747. The summed E-state index contributed by atoms with van der Waals surface area (Å²) in [4.78, 5) is 29.0. The van der Waals surface area contributed by atoms with E-state index in [1.165, 1.54) is 13.3 Å². The summed E-state index contributed by atoms with van der Waals surface area (Å²) >= 11 is 6.04. The van der Waals surface area contributed by atoms with Gasteiger partial charge < -0.3 is 15.4 Å². The van der Waals surface area contributed by atoms with Gasteiger partial charge in [0.05, 0.1) is 29.6 Å². The maximum absolute atomic E-state index is 12.5. The number of halogens is 1. The van der Waals surface area contributed by atoms with Gasteiger partial charge in [0.2, 0.25) is 11.8 Å². The van der Waals surface area contributed by atoms with E-state index < -0.39 is 11.9 Å². The highest BCUT2D eigenvalue weighted by molar-refractivity contribution is 6.33. The molecule has 6 nitrogen and oxygen atoms in total. The minimum absolute atomic E-state index is 0.113.